The van der Waals surface area contributed by atoms with E-state index in [1.807, 2.05) is 36.9 Å². The molecule has 0 aromatic heterocycles. The van der Waals surface area contributed by atoms with E-state index in [0.29, 0.717) is 51.5 Å². The lowest BCUT2D eigenvalue weighted by molar-refractivity contribution is -0.131. The van der Waals surface area contributed by atoms with Gasteiger partial charge in [0.05, 0.1) is 20.8 Å². The van der Waals surface area contributed by atoms with Gasteiger partial charge in [-0.3, -0.25) is 4.79 Å². The molecule has 0 saturated carbocycles. The van der Waals surface area contributed by atoms with Crippen molar-refractivity contribution < 1.29 is 23.8 Å². The summed E-state index contributed by atoms with van der Waals surface area (Å²) in [6.45, 7) is 6.74. The summed E-state index contributed by atoms with van der Waals surface area (Å²) in [4.78, 5) is 28.4. The number of benzene rings is 1. The molecule has 2 amide bonds. The van der Waals surface area contributed by atoms with Gasteiger partial charge in [-0.1, -0.05) is 13.8 Å². The van der Waals surface area contributed by atoms with Crippen LogP contribution in [-0.4, -0.2) is 68.8 Å². The minimum atomic E-state index is -0.288. The number of carbonyl (C=O) groups is 2. The van der Waals surface area contributed by atoms with Crippen molar-refractivity contribution in [2.75, 3.05) is 47.0 Å². The Hall–Kier alpha value is -2.44. The first-order valence-electron chi connectivity index (χ1n) is 9.85. The molecule has 0 radical (unpaired) electrons. The normalized spacial score (nSPS) is 14.6. The minimum absolute atomic E-state index is 0.0854. The molecular weight excluding hydrogens is 360 g/mol. The highest BCUT2D eigenvalue weighted by Gasteiger charge is 2.23. The van der Waals surface area contributed by atoms with Crippen molar-refractivity contribution in [2.45, 2.75) is 33.1 Å². The molecule has 0 atom stereocenters. The third-order valence-corrected chi connectivity index (χ3v) is 4.74. The maximum atomic E-state index is 12.7. The monoisotopic (exact) mass is 392 g/mol. The topological polar surface area (TPSA) is 68.3 Å². The van der Waals surface area contributed by atoms with Gasteiger partial charge in [0.25, 0.3) is 0 Å². The van der Waals surface area contributed by atoms with Gasteiger partial charge in [-0.2, -0.15) is 0 Å². The number of hydrogen-bond donors (Lipinski definition) is 0. The molecule has 156 valence electrons. The van der Waals surface area contributed by atoms with E-state index in [1.54, 1.807) is 19.1 Å². The Balaban J connectivity index is 1.87. The lowest BCUT2D eigenvalue weighted by atomic mass is 10.1. The zero-order chi connectivity index (χ0) is 20.5. The summed E-state index contributed by atoms with van der Waals surface area (Å²) in [5, 5.41) is 0. The van der Waals surface area contributed by atoms with Crippen LogP contribution in [0.5, 0.6) is 11.5 Å². The average molecular weight is 392 g/mol. The van der Waals surface area contributed by atoms with Crippen LogP contribution in [0.1, 0.15) is 32.3 Å². The van der Waals surface area contributed by atoms with E-state index in [-0.39, 0.29) is 12.0 Å². The quantitative estimate of drug-likeness (QED) is 0.714. The zero-order valence-corrected chi connectivity index (χ0v) is 17.4. The number of methoxy groups -OCH3 is 2. The molecule has 1 aromatic carbocycles. The Morgan fingerprint density at radius 1 is 1.04 bits per heavy atom. The summed E-state index contributed by atoms with van der Waals surface area (Å²) in [5.74, 6) is 1.89. The van der Waals surface area contributed by atoms with E-state index in [9.17, 15) is 9.59 Å². The predicted octanol–water partition coefficient (Wildman–Crippen LogP) is 2.96. The Morgan fingerprint density at radius 3 is 2.43 bits per heavy atom. The van der Waals surface area contributed by atoms with Gasteiger partial charge in [-0.25, -0.2) is 4.79 Å². The molecular formula is C21H32N2O5. The third-order valence-electron chi connectivity index (χ3n) is 4.74. The summed E-state index contributed by atoms with van der Waals surface area (Å²) in [7, 11) is 3.24. The molecule has 1 heterocycles. The maximum Gasteiger partial charge on any atom is 0.409 e. The van der Waals surface area contributed by atoms with Crippen LogP contribution < -0.4 is 9.47 Å². The first-order chi connectivity index (χ1) is 13.4. The Kier molecular flexibility index (Phi) is 8.42. The summed E-state index contributed by atoms with van der Waals surface area (Å²) in [6, 6.07) is 5.60. The lowest BCUT2D eigenvalue weighted by Crippen LogP contribution is -2.38. The molecule has 1 fully saturated rings. The smallest absolute Gasteiger partial charge is 0.409 e. The minimum Gasteiger partial charge on any atom is -0.497 e. The largest absolute Gasteiger partial charge is 0.497 e. The van der Waals surface area contributed by atoms with Gasteiger partial charge < -0.3 is 24.0 Å². The molecule has 0 bridgehead atoms. The number of nitrogens with zero attached hydrogens (tertiary/aromatic N) is 2. The van der Waals surface area contributed by atoms with Gasteiger partial charge >= 0.3 is 6.09 Å². The van der Waals surface area contributed by atoms with E-state index in [4.69, 9.17) is 14.2 Å². The Morgan fingerprint density at radius 2 is 1.75 bits per heavy atom. The molecule has 0 spiro atoms. The van der Waals surface area contributed by atoms with Gasteiger partial charge in [0.15, 0.2) is 0 Å². The fourth-order valence-electron chi connectivity index (χ4n) is 3.16. The summed E-state index contributed by atoms with van der Waals surface area (Å²) < 4.78 is 16.0. The molecule has 7 nitrogen and oxygen atoms in total. The van der Waals surface area contributed by atoms with E-state index in [1.165, 1.54) is 0 Å². The third kappa shape index (κ3) is 6.32. The van der Waals surface area contributed by atoms with Gasteiger partial charge in [0.1, 0.15) is 11.5 Å². The second kappa shape index (κ2) is 10.8. The van der Waals surface area contributed by atoms with Crippen molar-refractivity contribution in [1.29, 1.82) is 0 Å². The Bertz CT molecular complexity index is 662. The summed E-state index contributed by atoms with van der Waals surface area (Å²) in [6.07, 6.45) is 1.44. The van der Waals surface area contributed by atoms with E-state index < -0.39 is 0 Å². The highest BCUT2D eigenvalue weighted by atomic mass is 16.6. The molecule has 1 aliphatic rings. The summed E-state index contributed by atoms with van der Waals surface area (Å²) in [5.41, 5.74) is 0.948. The SMILES string of the molecule is COc1ccc(OC)c(CCC(=O)N2CCCN(C(=O)OCC(C)C)CC2)c1. The van der Waals surface area contributed by atoms with E-state index in [2.05, 4.69) is 0 Å². The molecule has 1 saturated heterocycles. The van der Waals surface area contributed by atoms with Crippen LogP contribution in [0.2, 0.25) is 0 Å². The second-order valence-corrected chi connectivity index (χ2v) is 7.37. The van der Waals surface area contributed by atoms with Gasteiger partial charge in [-0.15, -0.1) is 0 Å². The molecule has 0 N–H and O–H groups in total. The molecule has 0 aliphatic carbocycles. The summed E-state index contributed by atoms with van der Waals surface area (Å²) >= 11 is 0. The molecule has 0 unspecified atom stereocenters. The Labute approximate surface area is 167 Å². The molecule has 1 aliphatic heterocycles. The van der Waals surface area contributed by atoms with Crippen molar-refractivity contribution in [3.63, 3.8) is 0 Å². The van der Waals surface area contributed by atoms with Gasteiger partial charge in [0, 0.05) is 32.6 Å². The van der Waals surface area contributed by atoms with Crippen LogP contribution in [0.3, 0.4) is 0 Å². The van der Waals surface area contributed by atoms with Crippen LogP contribution in [0.4, 0.5) is 4.79 Å². The van der Waals surface area contributed by atoms with Crippen molar-refractivity contribution >= 4 is 12.0 Å². The number of aryl methyl sites for hydroxylation is 1. The van der Waals surface area contributed by atoms with Crippen LogP contribution in [0.25, 0.3) is 0 Å². The fourth-order valence-corrected chi connectivity index (χ4v) is 3.16. The zero-order valence-electron chi connectivity index (χ0n) is 17.4. The van der Waals surface area contributed by atoms with Crippen LogP contribution in [-0.2, 0) is 16.0 Å². The molecule has 7 heteroatoms. The van der Waals surface area contributed by atoms with Crippen molar-refractivity contribution in [3.05, 3.63) is 23.8 Å². The van der Waals surface area contributed by atoms with E-state index in [0.717, 1.165) is 23.5 Å². The second-order valence-electron chi connectivity index (χ2n) is 7.37. The number of carbonyl (C=O) groups excluding carboxylic acids is 2. The van der Waals surface area contributed by atoms with Crippen LogP contribution in [0, 0.1) is 5.92 Å². The van der Waals surface area contributed by atoms with Crippen LogP contribution >= 0.6 is 0 Å². The van der Waals surface area contributed by atoms with Crippen molar-refractivity contribution in [2.24, 2.45) is 5.92 Å². The highest BCUT2D eigenvalue weighted by Crippen LogP contribution is 2.25. The number of hydrogen-bond acceptors (Lipinski definition) is 5. The number of ether oxygens (including phenoxy) is 3. The fraction of sp³-hybridized carbons (Fsp3) is 0.619. The predicted molar refractivity (Wildman–Crippen MR) is 107 cm³/mol. The average Bonchev–Trinajstić information content (AvgIpc) is 2.96. The van der Waals surface area contributed by atoms with Crippen molar-refractivity contribution in [1.82, 2.24) is 9.80 Å². The van der Waals surface area contributed by atoms with Gasteiger partial charge in [-0.05, 0) is 42.5 Å². The highest BCUT2D eigenvalue weighted by molar-refractivity contribution is 5.77. The number of amides is 2. The first kappa shape index (κ1) is 21.9. The van der Waals surface area contributed by atoms with Crippen LogP contribution in [0.15, 0.2) is 18.2 Å². The van der Waals surface area contributed by atoms with Gasteiger partial charge in [0.2, 0.25) is 5.91 Å². The molecule has 2 rings (SSSR count). The number of rotatable bonds is 7. The molecule has 28 heavy (non-hydrogen) atoms. The lowest BCUT2D eigenvalue weighted by Gasteiger charge is -2.22. The van der Waals surface area contributed by atoms with E-state index >= 15 is 0 Å². The first-order valence-corrected chi connectivity index (χ1v) is 9.85. The standard InChI is InChI=1S/C21H32N2O5/c1-16(2)15-28-21(25)23-11-5-10-22(12-13-23)20(24)9-6-17-14-18(26-3)7-8-19(17)27-4/h7-8,14,16H,5-6,9-13,15H2,1-4H3. The molecule has 1 aromatic rings. The maximum absolute atomic E-state index is 12.7. The van der Waals surface area contributed by atoms with Crippen molar-refractivity contribution in [3.8, 4) is 11.5 Å².